The van der Waals surface area contributed by atoms with Crippen LogP contribution >= 0.6 is 0 Å². The smallest absolute Gasteiger partial charge is 0.318 e. The molecule has 0 heterocycles. The van der Waals surface area contributed by atoms with Crippen LogP contribution < -0.4 is 20.7 Å². The van der Waals surface area contributed by atoms with Gasteiger partial charge in [-0.2, -0.15) is 0 Å². The number of nitrogens with one attached hydrogen (secondary N) is 3. The minimum atomic E-state index is -0.315. The van der Waals surface area contributed by atoms with E-state index in [0.717, 1.165) is 12.4 Å². The Labute approximate surface area is 146 Å². The maximum absolute atomic E-state index is 12.3. The molecule has 3 amide bonds. The lowest BCUT2D eigenvalue weighted by molar-refractivity contribution is 0.102. The van der Waals surface area contributed by atoms with Crippen molar-refractivity contribution in [3.63, 3.8) is 0 Å². The molecule has 25 heavy (non-hydrogen) atoms. The van der Waals surface area contributed by atoms with Crippen LogP contribution in [0, 0.1) is 5.92 Å². The fraction of sp³-hybridized carbons (Fsp3) is 0.263. The molecule has 2 aromatic carbocycles. The van der Waals surface area contributed by atoms with Crippen LogP contribution in [0.2, 0.25) is 0 Å². The molecule has 0 aromatic heterocycles. The minimum absolute atomic E-state index is 0.217. The van der Waals surface area contributed by atoms with Gasteiger partial charge in [0.05, 0.1) is 6.61 Å². The van der Waals surface area contributed by atoms with Crippen LogP contribution in [0.5, 0.6) is 5.75 Å². The van der Waals surface area contributed by atoms with E-state index in [1.807, 2.05) is 0 Å². The second kappa shape index (κ2) is 7.70. The SMILES string of the molecule is CNC(=O)Nc1cccc(NC(=O)c2ccc(OCC3CC3)cc2)c1. The van der Waals surface area contributed by atoms with Crippen LogP contribution in [0.25, 0.3) is 0 Å². The van der Waals surface area contributed by atoms with Crippen LogP contribution in [0.3, 0.4) is 0 Å². The van der Waals surface area contributed by atoms with Gasteiger partial charge in [-0.1, -0.05) is 6.07 Å². The van der Waals surface area contributed by atoms with Crippen molar-refractivity contribution in [2.24, 2.45) is 5.92 Å². The molecule has 0 spiro atoms. The van der Waals surface area contributed by atoms with Crippen LogP contribution in [-0.4, -0.2) is 25.6 Å². The van der Waals surface area contributed by atoms with E-state index in [1.165, 1.54) is 12.8 Å². The van der Waals surface area contributed by atoms with E-state index >= 15 is 0 Å². The van der Waals surface area contributed by atoms with Gasteiger partial charge in [0.2, 0.25) is 0 Å². The highest BCUT2D eigenvalue weighted by Crippen LogP contribution is 2.29. The summed E-state index contributed by atoms with van der Waals surface area (Å²) >= 11 is 0. The number of amides is 3. The summed E-state index contributed by atoms with van der Waals surface area (Å²) in [7, 11) is 1.54. The zero-order chi connectivity index (χ0) is 17.6. The van der Waals surface area contributed by atoms with E-state index in [1.54, 1.807) is 55.6 Å². The Bertz CT molecular complexity index is 755. The molecule has 0 saturated heterocycles. The van der Waals surface area contributed by atoms with Gasteiger partial charge in [-0.3, -0.25) is 4.79 Å². The average Bonchev–Trinajstić information content (AvgIpc) is 3.45. The molecule has 0 radical (unpaired) electrons. The molecule has 6 nitrogen and oxygen atoms in total. The van der Waals surface area contributed by atoms with E-state index in [-0.39, 0.29) is 11.9 Å². The quantitative estimate of drug-likeness (QED) is 0.754. The summed E-state index contributed by atoms with van der Waals surface area (Å²) < 4.78 is 5.67. The van der Waals surface area contributed by atoms with Gasteiger partial charge in [-0.05, 0) is 61.2 Å². The summed E-state index contributed by atoms with van der Waals surface area (Å²) in [4.78, 5) is 23.7. The normalized spacial score (nSPS) is 13.0. The van der Waals surface area contributed by atoms with Crippen LogP contribution in [0.1, 0.15) is 23.2 Å². The Morgan fingerprint density at radius 3 is 2.36 bits per heavy atom. The van der Waals surface area contributed by atoms with Gasteiger partial charge in [0.15, 0.2) is 0 Å². The highest BCUT2D eigenvalue weighted by molar-refractivity contribution is 6.04. The fourth-order valence-electron chi connectivity index (χ4n) is 2.27. The number of carbonyl (C=O) groups excluding carboxylic acids is 2. The van der Waals surface area contributed by atoms with Crippen molar-refractivity contribution < 1.29 is 14.3 Å². The van der Waals surface area contributed by atoms with Crippen molar-refractivity contribution in [1.29, 1.82) is 0 Å². The van der Waals surface area contributed by atoms with Crippen LogP contribution in [0.4, 0.5) is 16.2 Å². The monoisotopic (exact) mass is 339 g/mol. The van der Waals surface area contributed by atoms with Gasteiger partial charge in [-0.15, -0.1) is 0 Å². The van der Waals surface area contributed by atoms with Gasteiger partial charge in [0.25, 0.3) is 5.91 Å². The first-order valence-electron chi connectivity index (χ1n) is 8.27. The number of urea groups is 1. The van der Waals surface area contributed by atoms with E-state index in [4.69, 9.17) is 4.74 Å². The fourth-order valence-corrected chi connectivity index (χ4v) is 2.27. The number of ether oxygens (including phenoxy) is 1. The third-order valence-electron chi connectivity index (χ3n) is 3.90. The Morgan fingerprint density at radius 1 is 1.04 bits per heavy atom. The first kappa shape index (κ1) is 16.8. The number of anilines is 2. The molecule has 1 fully saturated rings. The Morgan fingerprint density at radius 2 is 1.72 bits per heavy atom. The van der Waals surface area contributed by atoms with Crippen molar-refractivity contribution >= 4 is 23.3 Å². The summed E-state index contributed by atoms with van der Waals surface area (Å²) in [6, 6.07) is 13.7. The first-order chi connectivity index (χ1) is 12.1. The molecule has 130 valence electrons. The van der Waals surface area contributed by atoms with E-state index in [9.17, 15) is 9.59 Å². The van der Waals surface area contributed by atoms with Gasteiger partial charge >= 0.3 is 6.03 Å². The van der Waals surface area contributed by atoms with Crippen molar-refractivity contribution in [1.82, 2.24) is 5.32 Å². The summed E-state index contributed by atoms with van der Waals surface area (Å²) in [5, 5.41) is 7.96. The molecule has 1 aliphatic carbocycles. The van der Waals surface area contributed by atoms with Crippen LogP contribution in [0.15, 0.2) is 48.5 Å². The predicted octanol–water partition coefficient (Wildman–Crippen LogP) is 3.48. The standard InChI is InChI=1S/C19H21N3O3/c1-20-19(24)22-16-4-2-3-15(11-16)21-18(23)14-7-9-17(10-8-14)25-12-13-5-6-13/h2-4,7-11,13H,5-6,12H2,1H3,(H,21,23)(H2,20,22,24). The number of benzene rings is 2. The van der Waals surface area contributed by atoms with Gasteiger partial charge < -0.3 is 20.7 Å². The van der Waals surface area contributed by atoms with Crippen molar-refractivity contribution in [2.45, 2.75) is 12.8 Å². The molecule has 0 unspecified atom stereocenters. The zero-order valence-corrected chi connectivity index (χ0v) is 14.0. The third kappa shape index (κ3) is 4.97. The molecular formula is C19H21N3O3. The lowest BCUT2D eigenvalue weighted by Gasteiger charge is -2.09. The van der Waals surface area contributed by atoms with Gasteiger partial charge in [0.1, 0.15) is 5.75 Å². The molecule has 0 atom stereocenters. The lowest BCUT2D eigenvalue weighted by atomic mass is 10.2. The number of carbonyl (C=O) groups is 2. The highest BCUT2D eigenvalue weighted by Gasteiger charge is 2.21. The molecule has 3 rings (SSSR count). The van der Waals surface area contributed by atoms with E-state index in [2.05, 4.69) is 16.0 Å². The Kier molecular flexibility index (Phi) is 5.18. The maximum Gasteiger partial charge on any atom is 0.318 e. The Hall–Kier alpha value is -3.02. The van der Waals surface area contributed by atoms with E-state index < -0.39 is 0 Å². The number of rotatable bonds is 6. The van der Waals surface area contributed by atoms with Gasteiger partial charge in [0, 0.05) is 24.0 Å². The molecular weight excluding hydrogens is 318 g/mol. The van der Waals surface area contributed by atoms with Gasteiger partial charge in [-0.25, -0.2) is 4.79 Å². The summed E-state index contributed by atoms with van der Waals surface area (Å²) in [5.74, 6) is 1.25. The summed E-state index contributed by atoms with van der Waals surface area (Å²) in [6.07, 6.45) is 2.49. The van der Waals surface area contributed by atoms with Crippen molar-refractivity contribution in [3.8, 4) is 5.75 Å². The molecule has 0 aliphatic heterocycles. The minimum Gasteiger partial charge on any atom is -0.493 e. The maximum atomic E-state index is 12.3. The zero-order valence-electron chi connectivity index (χ0n) is 14.0. The number of hydrogen-bond donors (Lipinski definition) is 3. The second-order valence-corrected chi connectivity index (χ2v) is 6.02. The Balaban J connectivity index is 1.59. The summed E-state index contributed by atoms with van der Waals surface area (Å²) in [5.41, 5.74) is 1.75. The van der Waals surface area contributed by atoms with E-state index in [0.29, 0.717) is 22.9 Å². The third-order valence-corrected chi connectivity index (χ3v) is 3.90. The predicted molar refractivity (Wildman–Crippen MR) is 97.1 cm³/mol. The van der Waals surface area contributed by atoms with Crippen molar-refractivity contribution in [2.75, 3.05) is 24.3 Å². The molecule has 1 aliphatic rings. The van der Waals surface area contributed by atoms with Crippen molar-refractivity contribution in [3.05, 3.63) is 54.1 Å². The summed E-state index contributed by atoms with van der Waals surface area (Å²) in [6.45, 7) is 0.747. The molecule has 3 N–H and O–H groups in total. The second-order valence-electron chi connectivity index (χ2n) is 6.02. The first-order valence-corrected chi connectivity index (χ1v) is 8.27. The highest BCUT2D eigenvalue weighted by atomic mass is 16.5. The molecule has 2 aromatic rings. The average molecular weight is 339 g/mol. The molecule has 1 saturated carbocycles. The molecule has 6 heteroatoms. The topological polar surface area (TPSA) is 79.5 Å². The largest absolute Gasteiger partial charge is 0.493 e. The number of hydrogen-bond acceptors (Lipinski definition) is 3. The van der Waals surface area contributed by atoms with Crippen LogP contribution in [-0.2, 0) is 0 Å². The molecule has 0 bridgehead atoms. The lowest BCUT2D eigenvalue weighted by Crippen LogP contribution is -2.24.